The molecule has 1 saturated carbocycles. The summed E-state index contributed by atoms with van der Waals surface area (Å²) in [7, 11) is 1.89. The fourth-order valence-corrected chi connectivity index (χ4v) is 4.12. The molecule has 0 aliphatic heterocycles. The molecule has 1 aliphatic carbocycles. The summed E-state index contributed by atoms with van der Waals surface area (Å²) in [4.78, 5) is 4.90. The molecular weight excluding hydrogens is 352 g/mol. The van der Waals surface area contributed by atoms with Crippen molar-refractivity contribution in [1.82, 2.24) is 34.2 Å². The number of nitriles is 1. The van der Waals surface area contributed by atoms with E-state index in [0.717, 1.165) is 47.3 Å². The predicted octanol–water partition coefficient (Wildman–Crippen LogP) is 3.03. The first-order valence-corrected chi connectivity index (χ1v) is 9.40. The van der Waals surface area contributed by atoms with Gasteiger partial charge >= 0.3 is 0 Å². The van der Waals surface area contributed by atoms with E-state index < -0.39 is 0 Å². The summed E-state index contributed by atoms with van der Waals surface area (Å²) < 4.78 is 5.63. The smallest absolute Gasteiger partial charge is 0.0999 e. The molecule has 0 radical (unpaired) electrons. The highest BCUT2D eigenvalue weighted by Crippen LogP contribution is 2.46. The van der Waals surface area contributed by atoms with Gasteiger partial charge in [0.25, 0.3) is 0 Å². The van der Waals surface area contributed by atoms with Crippen LogP contribution in [0, 0.1) is 17.2 Å². The normalized spacial score (nSPS) is 21.5. The maximum absolute atomic E-state index is 9.17. The molecule has 4 heterocycles. The van der Waals surface area contributed by atoms with Gasteiger partial charge in [0.1, 0.15) is 0 Å². The number of hydrogen-bond donors (Lipinski definition) is 0. The molecule has 0 aromatic carbocycles. The van der Waals surface area contributed by atoms with Crippen LogP contribution in [0.4, 0.5) is 0 Å². The third kappa shape index (κ3) is 2.43. The standard InChI is InChI=1S/C20H20N8/c1-3-20(6-14(7-20)8-21)28-12-16(10-24-28)19-18-4-5-22-27(18)13-17(25-19)15-9-23-26(2)11-15/h4-5,9-14H,3,6-7H2,1-2H3/t14-,20-. The lowest BCUT2D eigenvalue weighted by Gasteiger charge is -2.44. The van der Waals surface area contributed by atoms with Crippen molar-refractivity contribution in [3.8, 4) is 28.6 Å². The molecular formula is C20H20N8. The third-order valence-corrected chi connectivity index (χ3v) is 5.83. The molecule has 0 unspecified atom stereocenters. The highest BCUT2D eigenvalue weighted by molar-refractivity contribution is 5.78. The molecule has 8 nitrogen and oxygen atoms in total. The Hall–Kier alpha value is -3.47. The van der Waals surface area contributed by atoms with Gasteiger partial charge in [0, 0.05) is 30.6 Å². The van der Waals surface area contributed by atoms with Crippen molar-refractivity contribution in [3.63, 3.8) is 0 Å². The van der Waals surface area contributed by atoms with Crippen molar-refractivity contribution in [1.29, 1.82) is 5.26 Å². The molecule has 0 amide bonds. The second-order valence-corrected chi connectivity index (χ2v) is 7.52. The maximum Gasteiger partial charge on any atom is 0.0999 e. The average molecular weight is 372 g/mol. The summed E-state index contributed by atoms with van der Waals surface area (Å²) >= 11 is 0. The minimum absolute atomic E-state index is 0.0594. The molecule has 0 spiro atoms. The summed E-state index contributed by atoms with van der Waals surface area (Å²) in [6.45, 7) is 2.16. The highest BCUT2D eigenvalue weighted by atomic mass is 15.3. The lowest BCUT2D eigenvalue weighted by atomic mass is 9.67. The number of nitrogens with zero attached hydrogens (tertiary/aromatic N) is 8. The van der Waals surface area contributed by atoms with Crippen molar-refractivity contribution < 1.29 is 0 Å². The summed E-state index contributed by atoms with van der Waals surface area (Å²) in [5.41, 5.74) is 4.41. The van der Waals surface area contributed by atoms with Gasteiger partial charge in [0.15, 0.2) is 0 Å². The van der Waals surface area contributed by atoms with Crippen LogP contribution in [0.1, 0.15) is 26.2 Å². The molecule has 1 aliphatic rings. The molecule has 1 fully saturated rings. The zero-order valence-corrected chi connectivity index (χ0v) is 15.8. The van der Waals surface area contributed by atoms with Gasteiger partial charge in [-0.05, 0) is 25.3 Å². The molecule has 0 saturated heterocycles. The van der Waals surface area contributed by atoms with Crippen LogP contribution in [0.3, 0.4) is 0 Å². The number of fused-ring (bicyclic) bond motifs is 1. The molecule has 0 N–H and O–H groups in total. The number of hydrogen-bond acceptors (Lipinski definition) is 5. The molecule has 0 bridgehead atoms. The van der Waals surface area contributed by atoms with Gasteiger partial charge in [-0.15, -0.1) is 0 Å². The van der Waals surface area contributed by atoms with E-state index in [9.17, 15) is 5.26 Å². The van der Waals surface area contributed by atoms with Crippen molar-refractivity contribution in [2.45, 2.75) is 31.7 Å². The Balaban J connectivity index is 1.59. The molecule has 140 valence electrons. The van der Waals surface area contributed by atoms with Gasteiger partial charge < -0.3 is 0 Å². The van der Waals surface area contributed by atoms with E-state index in [1.807, 2.05) is 40.9 Å². The fraction of sp³-hybridized carbons (Fsp3) is 0.350. The zero-order valence-electron chi connectivity index (χ0n) is 15.8. The molecule has 4 aromatic rings. The van der Waals surface area contributed by atoms with E-state index in [-0.39, 0.29) is 11.5 Å². The third-order valence-electron chi connectivity index (χ3n) is 5.83. The monoisotopic (exact) mass is 372 g/mol. The van der Waals surface area contributed by atoms with Gasteiger partial charge in [-0.2, -0.15) is 20.6 Å². The first-order chi connectivity index (χ1) is 13.6. The minimum atomic E-state index is -0.0594. The van der Waals surface area contributed by atoms with Crippen molar-refractivity contribution in [3.05, 3.63) is 43.2 Å². The first-order valence-electron chi connectivity index (χ1n) is 9.40. The summed E-state index contributed by atoms with van der Waals surface area (Å²) in [6.07, 6.45) is 14.0. The van der Waals surface area contributed by atoms with Crippen LogP contribution in [0.5, 0.6) is 0 Å². The van der Waals surface area contributed by atoms with Crippen LogP contribution >= 0.6 is 0 Å². The Kier molecular flexibility index (Phi) is 3.59. The van der Waals surface area contributed by atoms with Crippen LogP contribution in [-0.4, -0.2) is 34.2 Å². The van der Waals surface area contributed by atoms with Gasteiger partial charge in [0.05, 0.1) is 59.2 Å². The van der Waals surface area contributed by atoms with Gasteiger partial charge in [0.2, 0.25) is 0 Å². The van der Waals surface area contributed by atoms with Crippen LogP contribution in [0.15, 0.2) is 43.2 Å². The van der Waals surface area contributed by atoms with E-state index in [1.54, 1.807) is 17.1 Å². The molecule has 0 atom stereocenters. The Morgan fingerprint density at radius 1 is 1.14 bits per heavy atom. The van der Waals surface area contributed by atoms with Gasteiger partial charge in [-0.25, -0.2) is 9.50 Å². The van der Waals surface area contributed by atoms with Gasteiger partial charge in [-0.1, -0.05) is 6.92 Å². The second kappa shape index (κ2) is 6.02. The Morgan fingerprint density at radius 3 is 2.68 bits per heavy atom. The minimum Gasteiger partial charge on any atom is -0.275 e. The fourth-order valence-electron chi connectivity index (χ4n) is 4.12. The van der Waals surface area contributed by atoms with Crippen molar-refractivity contribution in [2.75, 3.05) is 0 Å². The lowest BCUT2D eigenvalue weighted by molar-refractivity contribution is 0.0783. The van der Waals surface area contributed by atoms with Gasteiger partial charge in [-0.3, -0.25) is 9.36 Å². The topological polar surface area (TPSA) is 89.6 Å². The second-order valence-electron chi connectivity index (χ2n) is 7.52. The van der Waals surface area contributed by atoms with Crippen LogP contribution < -0.4 is 0 Å². The Labute approximate surface area is 162 Å². The van der Waals surface area contributed by atoms with Crippen molar-refractivity contribution in [2.24, 2.45) is 13.0 Å². The van der Waals surface area contributed by atoms with E-state index in [2.05, 4.69) is 34.5 Å². The largest absolute Gasteiger partial charge is 0.275 e. The SMILES string of the molecule is CC[C@]1(n2cc(-c3nc(-c4cnn(C)c4)cn4nccc34)cn2)C[C@H](C#N)C1. The number of aromatic nitrogens is 7. The van der Waals surface area contributed by atoms with Crippen LogP contribution in [-0.2, 0) is 12.6 Å². The van der Waals surface area contributed by atoms with E-state index in [0.29, 0.717) is 0 Å². The quantitative estimate of drug-likeness (QED) is 0.549. The van der Waals surface area contributed by atoms with Crippen LogP contribution in [0.25, 0.3) is 28.0 Å². The highest BCUT2D eigenvalue weighted by Gasteiger charge is 2.45. The summed E-state index contributed by atoms with van der Waals surface area (Å²) in [5, 5.41) is 22.5. The summed E-state index contributed by atoms with van der Waals surface area (Å²) in [5.74, 6) is 0.126. The Bertz CT molecular complexity index is 1200. The number of aryl methyl sites for hydroxylation is 1. The maximum atomic E-state index is 9.17. The predicted molar refractivity (Wildman–Crippen MR) is 103 cm³/mol. The molecule has 28 heavy (non-hydrogen) atoms. The average Bonchev–Trinajstić information content (AvgIpc) is 3.41. The number of rotatable bonds is 4. The van der Waals surface area contributed by atoms with E-state index in [4.69, 9.17) is 4.98 Å². The van der Waals surface area contributed by atoms with Crippen LogP contribution in [0.2, 0.25) is 0 Å². The van der Waals surface area contributed by atoms with E-state index in [1.165, 1.54) is 0 Å². The molecule has 5 rings (SSSR count). The lowest BCUT2D eigenvalue weighted by Crippen LogP contribution is -2.45. The first kappa shape index (κ1) is 16.7. The zero-order chi connectivity index (χ0) is 19.3. The molecule has 4 aromatic heterocycles. The molecule has 8 heteroatoms. The van der Waals surface area contributed by atoms with Crippen molar-refractivity contribution >= 4 is 5.52 Å². The summed E-state index contributed by atoms with van der Waals surface area (Å²) in [6, 6.07) is 4.33. The Morgan fingerprint density at radius 2 is 1.96 bits per heavy atom. The van der Waals surface area contributed by atoms with E-state index >= 15 is 0 Å².